The van der Waals surface area contributed by atoms with Crippen molar-refractivity contribution in [1.82, 2.24) is 0 Å². The summed E-state index contributed by atoms with van der Waals surface area (Å²) in [5.74, 6) is -0.514. The lowest BCUT2D eigenvalue weighted by molar-refractivity contribution is -0.124. The minimum Gasteiger partial charge on any atom is -0.490 e. The lowest BCUT2D eigenvalue weighted by Crippen LogP contribution is -2.44. The predicted octanol–water partition coefficient (Wildman–Crippen LogP) is 2.63. The van der Waals surface area contributed by atoms with Gasteiger partial charge in [-0.05, 0) is 44.2 Å². The van der Waals surface area contributed by atoms with Crippen LogP contribution in [-0.4, -0.2) is 44.1 Å². The lowest BCUT2D eigenvalue weighted by atomic mass is 10.2. The fourth-order valence-corrected chi connectivity index (χ4v) is 2.92. The van der Waals surface area contributed by atoms with Crippen LogP contribution in [0.1, 0.15) is 24.2 Å². The van der Waals surface area contributed by atoms with Crippen molar-refractivity contribution in [2.45, 2.75) is 13.8 Å². The van der Waals surface area contributed by atoms with Crippen molar-refractivity contribution in [2.75, 3.05) is 36.6 Å². The molecule has 0 saturated carbocycles. The first-order valence-corrected chi connectivity index (χ1v) is 9.29. The summed E-state index contributed by atoms with van der Waals surface area (Å²) in [4.78, 5) is 38.1. The number of hydrogen-bond acceptors (Lipinski definition) is 6. The number of carbonyl (C=O) groups excluding carboxylic acids is 3. The zero-order valence-electron chi connectivity index (χ0n) is 16.3. The van der Waals surface area contributed by atoms with E-state index in [2.05, 4.69) is 5.32 Å². The Morgan fingerprint density at radius 3 is 2.52 bits per heavy atom. The van der Waals surface area contributed by atoms with E-state index in [-0.39, 0.29) is 18.0 Å². The topological polar surface area (TPSA) is 94.2 Å². The van der Waals surface area contributed by atoms with E-state index in [0.29, 0.717) is 36.1 Å². The Balaban J connectivity index is 1.68. The van der Waals surface area contributed by atoms with Gasteiger partial charge in [-0.25, -0.2) is 4.79 Å². The molecule has 0 aliphatic carbocycles. The third-order valence-corrected chi connectivity index (χ3v) is 4.18. The van der Waals surface area contributed by atoms with Gasteiger partial charge in [0.05, 0.1) is 30.2 Å². The zero-order chi connectivity index (χ0) is 20.8. The van der Waals surface area contributed by atoms with Gasteiger partial charge in [0.1, 0.15) is 6.54 Å². The molecule has 1 aliphatic rings. The van der Waals surface area contributed by atoms with Gasteiger partial charge in [0.25, 0.3) is 5.91 Å². The number of nitrogens with zero attached hydrogens (tertiary/aromatic N) is 1. The monoisotopic (exact) mass is 398 g/mol. The second-order valence-electron chi connectivity index (χ2n) is 6.15. The molecule has 1 heterocycles. The average molecular weight is 398 g/mol. The van der Waals surface area contributed by atoms with E-state index in [1.807, 2.05) is 13.8 Å². The zero-order valence-corrected chi connectivity index (χ0v) is 16.3. The van der Waals surface area contributed by atoms with E-state index in [1.54, 1.807) is 36.4 Å². The first-order valence-electron chi connectivity index (χ1n) is 9.29. The summed E-state index contributed by atoms with van der Waals surface area (Å²) in [5, 5.41) is 2.70. The molecular weight excluding hydrogens is 376 g/mol. The molecule has 2 amide bonds. The Morgan fingerprint density at radius 2 is 1.76 bits per heavy atom. The Bertz CT molecular complexity index is 927. The molecule has 0 aromatic heterocycles. The number of amides is 2. The van der Waals surface area contributed by atoms with Gasteiger partial charge >= 0.3 is 5.97 Å². The molecule has 29 heavy (non-hydrogen) atoms. The standard InChI is InChI=1S/C21H22N2O6/c1-3-27-17-10-9-14(11-18(17)28-4-2)21(26)29-13-20(25)23-12-19(24)22-15-7-5-6-8-16(15)23/h5-11H,3-4,12-13H2,1-2H3,(H,22,24). The van der Waals surface area contributed by atoms with E-state index in [0.717, 1.165) is 0 Å². The lowest BCUT2D eigenvalue weighted by Gasteiger charge is -2.28. The quantitative estimate of drug-likeness (QED) is 0.721. The maximum absolute atomic E-state index is 12.6. The number of rotatable bonds is 7. The highest BCUT2D eigenvalue weighted by molar-refractivity contribution is 6.10. The molecule has 8 heteroatoms. The molecule has 3 rings (SSSR count). The molecule has 1 aliphatic heterocycles. The number of para-hydroxylation sites is 2. The SMILES string of the molecule is CCOc1ccc(C(=O)OCC(=O)N2CC(=O)Nc3ccccc32)cc1OCC. The number of carbonyl (C=O) groups is 3. The first-order chi connectivity index (χ1) is 14.0. The summed E-state index contributed by atoms with van der Waals surface area (Å²) in [6.45, 7) is 3.92. The van der Waals surface area contributed by atoms with Crippen LogP contribution < -0.4 is 19.7 Å². The summed E-state index contributed by atoms with van der Waals surface area (Å²) in [5.41, 5.74) is 1.34. The van der Waals surface area contributed by atoms with Crippen LogP contribution in [0.4, 0.5) is 11.4 Å². The summed E-state index contributed by atoms with van der Waals surface area (Å²) >= 11 is 0. The highest BCUT2D eigenvalue weighted by atomic mass is 16.5. The second-order valence-corrected chi connectivity index (χ2v) is 6.15. The maximum atomic E-state index is 12.6. The molecular formula is C21H22N2O6. The molecule has 0 spiro atoms. The van der Waals surface area contributed by atoms with Crippen LogP contribution >= 0.6 is 0 Å². The highest BCUT2D eigenvalue weighted by Crippen LogP contribution is 2.30. The van der Waals surface area contributed by atoms with E-state index >= 15 is 0 Å². The fourth-order valence-electron chi connectivity index (χ4n) is 2.92. The van der Waals surface area contributed by atoms with Crippen LogP contribution in [0.25, 0.3) is 0 Å². The maximum Gasteiger partial charge on any atom is 0.338 e. The van der Waals surface area contributed by atoms with Crippen molar-refractivity contribution in [1.29, 1.82) is 0 Å². The first kappa shape index (κ1) is 20.2. The molecule has 0 atom stereocenters. The van der Waals surface area contributed by atoms with Gasteiger partial charge in [-0.15, -0.1) is 0 Å². The van der Waals surface area contributed by atoms with Crippen LogP contribution in [-0.2, 0) is 14.3 Å². The number of hydrogen-bond donors (Lipinski definition) is 1. The third kappa shape index (κ3) is 4.66. The van der Waals surface area contributed by atoms with Crippen LogP contribution in [0.2, 0.25) is 0 Å². The van der Waals surface area contributed by atoms with Gasteiger partial charge in [0.2, 0.25) is 5.91 Å². The minimum atomic E-state index is -0.669. The van der Waals surface area contributed by atoms with Gasteiger partial charge in [0.15, 0.2) is 18.1 Å². The summed E-state index contributed by atoms with van der Waals surface area (Å²) in [6.07, 6.45) is 0. The summed E-state index contributed by atoms with van der Waals surface area (Å²) < 4.78 is 16.1. The normalized spacial score (nSPS) is 12.6. The fraction of sp³-hybridized carbons (Fsp3) is 0.286. The third-order valence-electron chi connectivity index (χ3n) is 4.18. The van der Waals surface area contributed by atoms with Crippen molar-refractivity contribution >= 4 is 29.2 Å². The van der Waals surface area contributed by atoms with Crippen molar-refractivity contribution < 1.29 is 28.6 Å². The molecule has 0 saturated heterocycles. The molecule has 0 unspecified atom stereocenters. The van der Waals surface area contributed by atoms with Crippen LogP contribution in [0.3, 0.4) is 0 Å². The van der Waals surface area contributed by atoms with E-state index in [4.69, 9.17) is 14.2 Å². The second kappa shape index (κ2) is 9.09. The number of esters is 1. The van der Waals surface area contributed by atoms with E-state index in [1.165, 1.54) is 11.0 Å². The molecule has 0 bridgehead atoms. The van der Waals surface area contributed by atoms with E-state index in [9.17, 15) is 14.4 Å². The molecule has 8 nitrogen and oxygen atoms in total. The predicted molar refractivity (Wildman–Crippen MR) is 106 cm³/mol. The van der Waals surface area contributed by atoms with Gasteiger partial charge < -0.3 is 19.5 Å². The van der Waals surface area contributed by atoms with Crippen LogP contribution in [0.15, 0.2) is 42.5 Å². The van der Waals surface area contributed by atoms with Gasteiger partial charge in [-0.2, -0.15) is 0 Å². The van der Waals surface area contributed by atoms with Gasteiger partial charge in [0, 0.05) is 0 Å². The number of ether oxygens (including phenoxy) is 3. The summed E-state index contributed by atoms with van der Waals surface area (Å²) in [6, 6.07) is 11.6. The molecule has 0 radical (unpaired) electrons. The van der Waals surface area contributed by atoms with Crippen molar-refractivity contribution in [3.63, 3.8) is 0 Å². The van der Waals surface area contributed by atoms with Crippen molar-refractivity contribution in [3.05, 3.63) is 48.0 Å². The Kier molecular flexibility index (Phi) is 6.33. The summed E-state index contributed by atoms with van der Waals surface area (Å²) in [7, 11) is 0. The molecule has 2 aromatic carbocycles. The number of nitrogens with one attached hydrogen (secondary N) is 1. The van der Waals surface area contributed by atoms with E-state index < -0.39 is 18.5 Å². The largest absolute Gasteiger partial charge is 0.490 e. The Labute approximate surface area is 168 Å². The average Bonchev–Trinajstić information content (AvgIpc) is 2.72. The highest BCUT2D eigenvalue weighted by Gasteiger charge is 2.27. The molecule has 0 fully saturated rings. The number of benzene rings is 2. The molecule has 152 valence electrons. The molecule has 2 aromatic rings. The Hall–Kier alpha value is -3.55. The van der Waals surface area contributed by atoms with Gasteiger partial charge in [-0.1, -0.05) is 12.1 Å². The van der Waals surface area contributed by atoms with Crippen molar-refractivity contribution in [3.8, 4) is 11.5 Å². The minimum absolute atomic E-state index is 0.134. The smallest absolute Gasteiger partial charge is 0.338 e. The van der Waals surface area contributed by atoms with Crippen LogP contribution in [0, 0.1) is 0 Å². The Morgan fingerprint density at radius 1 is 1.03 bits per heavy atom. The van der Waals surface area contributed by atoms with Crippen molar-refractivity contribution in [2.24, 2.45) is 0 Å². The van der Waals surface area contributed by atoms with Crippen LogP contribution in [0.5, 0.6) is 11.5 Å². The molecule has 1 N–H and O–H groups in total. The van der Waals surface area contributed by atoms with Gasteiger partial charge in [-0.3, -0.25) is 14.5 Å². The number of anilines is 2. The number of fused-ring (bicyclic) bond motifs is 1.